The van der Waals surface area contributed by atoms with Gasteiger partial charge in [-0.3, -0.25) is 9.80 Å². The molecule has 10 rings (SSSR count). The van der Waals surface area contributed by atoms with Crippen LogP contribution in [0.5, 0.6) is 0 Å². The van der Waals surface area contributed by atoms with Gasteiger partial charge in [0.15, 0.2) is 0 Å². The number of fused-ring (bicyclic) bond motifs is 2. The number of para-hydroxylation sites is 2. The Kier molecular flexibility index (Phi) is 13.2. The van der Waals surface area contributed by atoms with Gasteiger partial charge < -0.3 is 16.3 Å². The van der Waals surface area contributed by atoms with Gasteiger partial charge in [-0.15, -0.1) is 11.6 Å². The van der Waals surface area contributed by atoms with E-state index in [0.717, 1.165) is 48.3 Å². The van der Waals surface area contributed by atoms with Crippen LogP contribution >= 0.6 is 11.6 Å². The Morgan fingerprint density at radius 2 is 0.875 bits per heavy atom. The molecule has 2 aromatic heterocycles. The number of rotatable bonds is 8. The predicted molar refractivity (Wildman–Crippen MR) is 228 cm³/mol. The molecular weight excluding hydrogens is 802 g/mol. The monoisotopic (exact) mass is 849 g/mol. The molecule has 4 heterocycles. The number of hydrogen-bond donors (Lipinski definition) is 0. The second-order valence-electron chi connectivity index (χ2n) is 14.3. The molecule has 2 aliphatic rings. The van der Waals surface area contributed by atoms with Crippen molar-refractivity contribution in [2.45, 2.75) is 30.3 Å². The molecule has 0 aliphatic carbocycles. The molecule has 288 valence electrons. The first kappa shape index (κ1) is 40.9. The van der Waals surface area contributed by atoms with E-state index in [1.165, 1.54) is 33.2 Å². The van der Waals surface area contributed by atoms with E-state index in [1.54, 1.807) is 0 Å². The molecule has 2 saturated heterocycles. The van der Waals surface area contributed by atoms with Crippen molar-refractivity contribution in [1.82, 2.24) is 9.80 Å². The first-order valence-corrected chi connectivity index (χ1v) is 18.8. The molecule has 6 heteroatoms. The fourth-order valence-electron chi connectivity index (χ4n) is 8.28. The second-order valence-corrected chi connectivity index (χ2v) is 15.0. The fourth-order valence-corrected chi connectivity index (χ4v) is 8.73. The van der Waals surface area contributed by atoms with Crippen LogP contribution in [0.25, 0.3) is 21.9 Å². The molecule has 4 nitrogen and oxygen atoms in total. The van der Waals surface area contributed by atoms with Gasteiger partial charge in [-0.2, -0.15) is 0 Å². The van der Waals surface area contributed by atoms with Crippen LogP contribution in [0.2, 0.25) is 0 Å². The molecule has 0 saturated carbocycles. The number of furan rings is 2. The van der Waals surface area contributed by atoms with Crippen LogP contribution in [0.15, 0.2) is 191 Å². The van der Waals surface area contributed by atoms with E-state index in [-0.39, 0.29) is 41.3 Å². The molecule has 0 atom stereocenters. The van der Waals surface area contributed by atoms with Crippen molar-refractivity contribution in [3.05, 3.63) is 223 Å². The Hall–Kier alpha value is -4.73. The Morgan fingerprint density at radius 3 is 1.36 bits per heavy atom. The summed E-state index contributed by atoms with van der Waals surface area (Å²) in [6.07, 6.45) is 3.78. The Balaban J connectivity index is 0.000000180. The maximum Gasteiger partial charge on any atom is 0.134 e. The largest absolute Gasteiger partial charge is 0.464 e. The molecule has 0 radical (unpaired) electrons. The van der Waals surface area contributed by atoms with Gasteiger partial charge in [0.2, 0.25) is 0 Å². The van der Waals surface area contributed by atoms with E-state index in [1.807, 2.05) is 42.9 Å². The minimum atomic E-state index is -0.408. The van der Waals surface area contributed by atoms with Crippen LogP contribution in [-0.4, -0.2) is 36.0 Å². The number of benzene rings is 6. The maximum atomic E-state index is 7.07. The van der Waals surface area contributed by atoms with E-state index in [4.69, 9.17) is 20.4 Å². The molecule has 0 amide bonds. The summed E-state index contributed by atoms with van der Waals surface area (Å²) in [6.45, 7) is 3.68. The number of nitrogens with zero attached hydrogens (tertiary/aromatic N) is 2. The smallest absolute Gasteiger partial charge is 0.134 e. The van der Waals surface area contributed by atoms with Gasteiger partial charge in [0.1, 0.15) is 11.2 Å². The van der Waals surface area contributed by atoms with E-state index >= 15 is 0 Å². The van der Waals surface area contributed by atoms with Gasteiger partial charge in [-0.25, -0.2) is 0 Å². The molecule has 2 fully saturated rings. The normalized spacial score (nSPS) is 15.1. The summed E-state index contributed by atoms with van der Waals surface area (Å²) in [5, 5.41) is 2.37. The van der Waals surface area contributed by atoms with Crippen molar-refractivity contribution >= 4 is 33.5 Å². The third-order valence-electron chi connectivity index (χ3n) is 10.9. The predicted octanol–water partition coefficient (Wildman–Crippen LogP) is 12.7. The van der Waals surface area contributed by atoms with Crippen molar-refractivity contribution < 1.29 is 29.3 Å². The van der Waals surface area contributed by atoms with E-state index in [9.17, 15) is 0 Å². The molecule has 6 aromatic carbocycles. The Morgan fingerprint density at radius 1 is 0.500 bits per heavy atom. The minimum absolute atomic E-state index is 0. The molecule has 0 N–H and O–H groups in total. The average Bonchev–Trinajstić information content (AvgIpc) is 3.82. The number of likely N-dealkylation sites (tertiary alicyclic amines) is 2. The average molecular weight is 851 g/mol. The molecule has 0 spiro atoms. The SMILES string of the molecule is C.ClC1(c2coc3ccccc23)CN(C(c2ccccc2)c2ccccc2)C1.[CH3-].[Pd].c1ccc(C(c2ccccc2)N2CC(c3coc4ccccc34)C2)cc1. The summed E-state index contributed by atoms with van der Waals surface area (Å²) in [4.78, 5) is 4.60. The Bertz CT molecular complexity index is 2320. The molecule has 56 heavy (non-hydrogen) atoms. The zero-order valence-electron chi connectivity index (χ0n) is 30.8. The molecule has 0 bridgehead atoms. The second kappa shape index (κ2) is 18.0. The molecule has 0 unspecified atom stereocenters. The van der Waals surface area contributed by atoms with Crippen LogP contribution in [0.4, 0.5) is 0 Å². The first-order chi connectivity index (χ1) is 26.1. The maximum absolute atomic E-state index is 7.07. The Labute approximate surface area is 350 Å². The quantitative estimate of drug-likeness (QED) is 0.0866. The van der Waals surface area contributed by atoms with Gasteiger partial charge in [0.05, 0.1) is 29.5 Å². The van der Waals surface area contributed by atoms with Crippen molar-refractivity contribution in [3.63, 3.8) is 0 Å². The topological polar surface area (TPSA) is 32.8 Å². The number of alkyl halides is 1. The number of halogens is 1. The van der Waals surface area contributed by atoms with E-state index in [2.05, 4.69) is 149 Å². The fraction of sp³-hybridized carbons (Fsp3) is 0.180. The summed E-state index contributed by atoms with van der Waals surface area (Å²) in [5.41, 5.74) is 9.62. The summed E-state index contributed by atoms with van der Waals surface area (Å²) >= 11 is 7.07. The summed E-state index contributed by atoms with van der Waals surface area (Å²) < 4.78 is 11.5. The van der Waals surface area contributed by atoms with Gasteiger partial charge in [0.25, 0.3) is 0 Å². The zero-order chi connectivity index (χ0) is 35.6. The third-order valence-corrected chi connectivity index (χ3v) is 11.4. The van der Waals surface area contributed by atoms with Crippen molar-refractivity contribution in [2.75, 3.05) is 26.2 Å². The van der Waals surface area contributed by atoms with E-state index in [0.29, 0.717) is 12.0 Å². The molecular formula is C50H48ClN2O2Pd-. The van der Waals surface area contributed by atoms with Crippen LogP contribution in [0.3, 0.4) is 0 Å². The summed E-state index contributed by atoms with van der Waals surface area (Å²) in [5.74, 6) is 0.536. The zero-order valence-corrected chi connectivity index (χ0v) is 33.1. The third kappa shape index (κ3) is 8.07. The van der Waals surface area contributed by atoms with Crippen molar-refractivity contribution in [1.29, 1.82) is 0 Å². The van der Waals surface area contributed by atoms with Crippen LogP contribution in [0.1, 0.15) is 58.8 Å². The van der Waals surface area contributed by atoms with Gasteiger partial charge >= 0.3 is 0 Å². The van der Waals surface area contributed by atoms with Gasteiger partial charge in [0, 0.05) is 74.4 Å². The number of hydrogen-bond acceptors (Lipinski definition) is 4. The summed E-state index contributed by atoms with van der Waals surface area (Å²) in [6, 6.07) is 59.9. The summed E-state index contributed by atoms with van der Waals surface area (Å²) in [7, 11) is 0. The van der Waals surface area contributed by atoms with E-state index < -0.39 is 4.87 Å². The minimum Gasteiger partial charge on any atom is -0.464 e. The first-order valence-electron chi connectivity index (χ1n) is 18.4. The van der Waals surface area contributed by atoms with Crippen molar-refractivity contribution in [3.8, 4) is 0 Å². The van der Waals surface area contributed by atoms with Gasteiger partial charge in [-0.05, 0) is 34.4 Å². The van der Waals surface area contributed by atoms with Crippen molar-refractivity contribution in [2.24, 2.45) is 0 Å². The van der Waals surface area contributed by atoms with Gasteiger partial charge in [-0.1, -0.05) is 165 Å². The van der Waals surface area contributed by atoms with Crippen LogP contribution in [0, 0.1) is 7.43 Å². The van der Waals surface area contributed by atoms with Crippen LogP contribution in [-0.2, 0) is 25.3 Å². The van der Waals surface area contributed by atoms with Crippen LogP contribution < -0.4 is 0 Å². The standard InChI is InChI=1S/C24H20ClNO.C24H21NO.CH4.CH3.Pd/c25-24(21-15-27-22-14-8-7-13-20(21)22)16-26(17-24)23(18-9-3-1-4-10-18)19-11-5-2-6-12-19;1-3-9-18(10-4-1)24(19-11-5-2-6-12-19)25-15-20(16-25)22-17-26-23-14-8-7-13-21(22)23;;;/h1-15,23H,16-17H2;1-14,17,20,24H,15-16H2;1H4;1H3;/q;;;-1;. The molecule has 2 aliphatic heterocycles. The molecule has 8 aromatic rings.